The third-order valence-electron chi connectivity index (χ3n) is 11.0. The van der Waals surface area contributed by atoms with E-state index < -0.39 is 10.4 Å². The van der Waals surface area contributed by atoms with Gasteiger partial charge >= 0.3 is 10.4 Å². The molecule has 4 aliphatic rings. The van der Waals surface area contributed by atoms with E-state index in [1.54, 1.807) is 0 Å². The van der Waals surface area contributed by atoms with Crippen LogP contribution in [0.1, 0.15) is 85.5 Å². The van der Waals surface area contributed by atoms with E-state index >= 15 is 0 Å². The van der Waals surface area contributed by atoms with E-state index in [9.17, 15) is 18.6 Å². The second kappa shape index (κ2) is 8.78. The standard InChI is InChI=1S/C25H44O6S/c1-5-17-21-14-16(26)8-11-25(21,4)20-9-12-24(3)18(6-7-19(24)22(20)23(17)27)15(2)10-13-31-32(28,29)30/h15-23,26-27H,5-14H2,1-4H3,(H,28,29,30)/t15-,16-,17-,18-,19?,20?,21?,22?,23-,24-,25-/m1/s1. The summed E-state index contributed by atoms with van der Waals surface area (Å²) in [4.78, 5) is 0. The fraction of sp³-hybridized carbons (Fsp3) is 1.00. The lowest BCUT2D eigenvalue weighted by Crippen LogP contribution is -2.62. The van der Waals surface area contributed by atoms with Gasteiger partial charge in [-0.1, -0.05) is 34.1 Å². The molecule has 0 saturated heterocycles. The second-order valence-electron chi connectivity index (χ2n) is 12.1. The van der Waals surface area contributed by atoms with Gasteiger partial charge in [0.1, 0.15) is 0 Å². The summed E-state index contributed by atoms with van der Waals surface area (Å²) >= 11 is 0. The fourth-order valence-electron chi connectivity index (χ4n) is 9.47. The zero-order valence-corrected chi connectivity index (χ0v) is 21.1. The highest BCUT2D eigenvalue weighted by Gasteiger charge is 2.64. The first kappa shape index (κ1) is 24.9. The summed E-state index contributed by atoms with van der Waals surface area (Å²) in [6, 6.07) is 0. The number of rotatable bonds is 6. The fourth-order valence-corrected chi connectivity index (χ4v) is 9.78. The molecule has 4 rings (SSSR count). The van der Waals surface area contributed by atoms with E-state index in [4.69, 9.17) is 4.55 Å². The largest absolute Gasteiger partial charge is 0.397 e. The second-order valence-corrected chi connectivity index (χ2v) is 13.2. The first-order valence-corrected chi connectivity index (χ1v) is 14.3. The zero-order valence-electron chi connectivity index (χ0n) is 20.2. The van der Waals surface area contributed by atoms with E-state index in [2.05, 4.69) is 31.9 Å². The third-order valence-corrected chi connectivity index (χ3v) is 11.4. The first-order valence-electron chi connectivity index (χ1n) is 12.9. The lowest BCUT2D eigenvalue weighted by molar-refractivity contribution is -0.203. The molecular weight excluding hydrogens is 428 g/mol. The van der Waals surface area contributed by atoms with E-state index in [-0.39, 0.29) is 35.6 Å². The average molecular weight is 473 g/mol. The number of fused-ring (bicyclic) bond motifs is 5. The van der Waals surface area contributed by atoms with Crippen molar-refractivity contribution >= 4 is 10.4 Å². The van der Waals surface area contributed by atoms with Crippen molar-refractivity contribution in [1.82, 2.24) is 0 Å². The molecule has 4 fully saturated rings. The highest BCUT2D eigenvalue weighted by Crippen LogP contribution is 2.69. The maximum atomic E-state index is 11.7. The molecule has 186 valence electrons. The molecule has 4 saturated carbocycles. The molecule has 0 aliphatic heterocycles. The average Bonchev–Trinajstić information content (AvgIpc) is 3.06. The van der Waals surface area contributed by atoms with Crippen LogP contribution >= 0.6 is 0 Å². The summed E-state index contributed by atoms with van der Waals surface area (Å²) in [5.41, 5.74) is 0.355. The third kappa shape index (κ3) is 4.08. The summed E-state index contributed by atoms with van der Waals surface area (Å²) in [5, 5.41) is 22.1. The number of hydrogen-bond acceptors (Lipinski definition) is 5. The summed E-state index contributed by atoms with van der Waals surface area (Å²) in [7, 11) is -4.39. The summed E-state index contributed by atoms with van der Waals surface area (Å²) in [6.45, 7) is 9.28. The molecule has 32 heavy (non-hydrogen) atoms. The minimum Gasteiger partial charge on any atom is -0.393 e. The highest BCUT2D eigenvalue weighted by molar-refractivity contribution is 7.80. The molecule has 4 unspecified atom stereocenters. The van der Waals surface area contributed by atoms with Crippen molar-refractivity contribution in [1.29, 1.82) is 0 Å². The maximum absolute atomic E-state index is 11.7. The van der Waals surface area contributed by atoms with Crippen LogP contribution < -0.4 is 0 Å². The van der Waals surface area contributed by atoms with Crippen LogP contribution in [0.3, 0.4) is 0 Å². The van der Waals surface area contributed by atoms with Gasteiger partial charge in [0.2, 0.25) is 0 Å². The molecule has 11 atom stereocenters. The van der Waals surface area contributed by atoms with E-state index in [1.165, 1.54) is 0 Å². The van der Waals surface area contributed by atoms with Crippen LogP contribution in [0.5, 0.6) is 0 Å². The maximum Gasteiger partial charge on any atom is 0.397 e. The van der Waals surface area contributed by atoms with Gasteiger partial charge < -0.3 is 10.2 Å². The normalized spacial score (nSPS) is 49.7. The van der Waals surface area contributed by atoms with E-state index in [0.717, 1.165) is 51.4 Å². The Kier molecular flexibility index (Phi) is 6.83. The quantitative estimate of drug-likeness (QED) is 0.493. The lowest BCUT2D eigenvalue weighted by atomic mass is 9.41. The zero-order chi connectivity index (χ0) is 23.5. The molecule has 7 heteroatoms. The van der Waals surface area contributed by atoms with E-state index in [1.807, 2.05) is 0 Å². The Morgan fingerprint density at radius 3 is 2.31 bits per heavy atom. The monoisotopic (exact) mass is 472 g/mol. The summed E-state index contributed by atoms with van der Waals surface area (Å²) in [6.07, 6.45) is 8.38. The lowest BCUT2D eigenvalue weighted by Gasteiger charge is -2.64. The van der Waals surface area contributed by atoms with Crippen LogP contribution in [-0.2, 0) is 14.6 Å². The van der Waals surface area contributed by atoms with Gasteiger partial charge in [-0.15, -0.1) is 0 Å². The van der Waals surface area contributed by atoms with Crippen molar-refractivity contribution in [2.24, 2.45) is 52.3 Å². The topological polar surface area (TPSA) is 104 Å². The minimum atomic E-state index is -4.39. The first-order chi connectivity index (χ1) is 14.9. The van der Waals surface area contributed by atoms with Crippen LogP contribution in [0.15, 0.2) is 0 Å². The van der Waals surface area contributed by atoms with Gasteiger partial charge in [0, 0.05) is 0 Å². The Hall–Kier alpha value is -0.210. The van der Waals surface area contributed by atoms with Gasteiger partial charge in [-0.2, -0.15) is 8.42 Å². The summed E-state index contributed by atoms with van der Waals surface area (Å²) < 4.78 is 35.4. The number of aliphatic hydroxyl groups is 2. The van der Waals surface area contributed by atoms with Crippen molar-refractivity contribution in [3.8, 4) is 0 Å². The van der Waals surface area contributed by atoms with E-state index in [0.29, 0.717) is 41.9 Å². The molecule has 4 aliphatic carbocycles. The molecule has 0 bridgehead atoms. The Bertz CT molecular complexity index is 785. The highest BCUT2D eigenvalue weighted by atomic mass is 32.3. The molecule has 0 aromatic carbocycles. The van der Waals surface area contributed by atoms with Crippen LogP contribution in [0.4, 0.5) is 0 Å². The molecule has 0 spiro atoms. The Morgan fingerprint density at radius 1 is 1.00 bits per heavy atom. The van der Waals surface area contributed by atoms with Gasteiger partial charge in [-0.05, 0) is 104 Å². The molecule has 3 N–H and O–H groups in total. The van der Waals surface area contributed by atoms with Gasteiger partial charge in [0.05, 0.1) is 18.8 Å². The van der Waals surface area contributed by atoms with Gasteiger partial charge in [-0.3, -0.25) is 4.55 Å². The molecule has 0 aromatic heterocycles. The SMILES string of the molecule is CC[C@@H]1C2C[C@H](O)CC[C@]2(C)C2CC[C@@]3(C)C(CC[C@@H]3[C@H](C)CCOS(=O)(=O)O)C2[C@@H]1O. The smallest absolute Gasteiger partial charge is 0.393 e. The van der Waals surface area contributed by atoms with Crippen LogP contribution in [0.25, 0.3) is 0 Å². The van der Waals surface area contributed by atoms with Crippen LogP contribution in [0, 0.1) is 52.3 Å². The van der Waals surface area contributed by atoms with Crippen molar-refractivity contribution in [2.45, 2.75) is 97.7 Å². The van der Waals surface area contributed by atoms with Crippen molar-refractivity contribution in [2.75, 3.05) is 6.61 Å². The van der Waals surface area contributed by atoms with Crippen LogP contribution in [-0.4, -0.2) is 42.0 Å². The molecule has 6 nitrogen and oxygen atoms in total. The van der Waals surface area contributed by atoms with Gasteiger partial charge in [0.15, 0.2) is 0 Å². The molecular formula is C25H44O6S. The van der Waals surface area contributed by atoms with Gasteiger partial charge in [-0.25, -0.2) is 4.18 Å². The predicted molar refractivity (Wildman–Crippen MR) is 123 cm³/mol. The minimum absolute atomic E-state index is 0.0198. The number of hydrogen-bond donors (Lipinski definition) is 3. The molecule has 0 amide bonds. The molecule has 0 heterocycles. The summed E-state index contributed by atoms with van der Waals surface area (Å²) in [5.74, 6) is 2.78. The molecule has 0 radical (unpaired) electrons. The Balaban J connectivity index is 1.56. The van der Waals surface area contributed by atoms with Crippen molar-refractivity contribution in [3.63, 3.8) is 0 Å². The number of aliphatic hydroxyl groups excluding tert-OH is 2. The van der Waals surface area contributed by atoms with Crippen molar-refractivity contribution < 1.29 is 27.4 Å². The Morgan fingerprint density at radius 2 is 1.66 bits per heavy atom. The Labute approximate surface area is 194 Å². The predicted octanol–water partition coefficient (Wildman–Crippen LogP) is 4.46. The molecule has 0 aromatic rings. The van der Waals surface area contributed by atoms with Crippen molar-refractivity contribution in [3.05, 3.63) is 0 Å². The van der Waals surface area contributed by atoms with Crippen LogP contribution in [0.2, 0.25) is 0 Å². The van der Waals surface area contributed by atoms with Gasteiger partial charge in [0.25, 0.3) is 0 Å².